The lowest BCUT2D eigenvalue weighted by molar-refractivity contribution is 0.891. The van der Waals surface area contributed by atoms with Gasteiger partial charge in [-0.05, 0) is 12.8 Å². The minimum absolute atomic E-state index is 0.681. The van der Waals surface area contributed by atoms with Crippen LogP contribution in [0, 0.1) is 0 Å². The highest BCUT2D eigenvalue weighted by Gasteiger charge is 2.09. The molecule has 96 valence electrons. The van der Waals surface area contributed by atoms with Crippen LogP contribution in [0.25, 0.3) is 11.6 Å². The van der Waals surface area contributed by atoms with Gasteiger partial charge in [0.25, 0.3) is 0 Å². The molecule has 2 aromatic rings. The Hall–Kier alpha value is -1.91. The van der Waals surface area contributed by atoms with Crippen LogP contribution in [-0.4, -0.2) is 26.1 Å². The van der Waals surface area contributed by atoms with Crippen molar-refractivity contribution in [2.45, 2.75) is 26.7 Å². The van der Waals surface area contributed by atoms with Crippen molar-refractivity contribution in [2.75, 3.05) is 11.9 Å². The van der Waals surface area contributed by atoms with E-state index >= 15 is 0 Å². The molecule has 0 saturated heterocycles. The average Bonchev–Trinajstić information content (AvgIpc) is 2.82. The summed E-state index contributed by atoms with van der Waals surface area (Å²) in [5.41, 5.74) is 1.03. The Bertz CT molecular complexity index is 518. The Kier molecular flexibility index (Phi) is 3.92. The summed E-state index contributed by atoms with van der Waals surface area (Å²) in [4.78, 5) is 13.3. The lowest BCUT2D eigenvalue weighted by Crippen LogP contribution is -2.06. The molecule has 0 aliphatic carbocycles. The first-order valence-corrected chi connectivity index (χ1v) is 6.34. The normalized spacial score (nSPS) is 10.6. The zero-order valence-electron chi connectivity index (χ0n) is 11.1. The molecule has 0 radical (unpaired) electrons. The predicted molar refractivity (Wildman–Crippen MR) is 72.4 cm³/mol. The van der Waals surface area contributed by atoms with Gasteiger partial charge in [0.05, 0.1) is 0 Å². The number of aromatic nitrogens is 4. The molecule has 0 unspecified atom stereocenters. The van der Waals surface area contributed by atoms with Gasteiger partial charge in [-0.25, -0.2) is 15.0 Å². The summed E-state index contributed by atoms with van der Waals surface area (Å²) in [7, 11) is 1.95. The van der Waals surface area contributed by atoms with E-state index in [1.165, 1.54) is 0 Å². The van der Waals surface area contributed by atoms with Crippen LogP contribution in [0.15, 0.2) is 18.5 Å². The third-order valence-corrected chi connectivity index (χ3v) is 2.72. The van der Waals surface area contributed by atoms with Gasteiger partial charge in [-0.3, -0.25) is 0 Å². The Balaban J connectivity index is 2.38. The molecular formula is C13H19N5. The maximum atomic E-state index is 4.53. The first-order valence-electron chi connectivity index (χ1n) is 6.34. The van der Waals surface area contributed by atoms with Gasteiger partial charge in [-0.15, -0.1) is 0 Å². The topological polar surface area (TPSA) is 55.6 Å². The van der Waals surface area contributed by atoms with Gasteiger partial charge in [0.1, 0.15) is 5.82 Å². The summed E-state index contributed by atoms with van der Waals surface area (Å²) < 4.78 is 1.93. The monoisotopic (exact) mass is 245 g/mol. The second kappa shape index (κ2) is 5.62. The van der Waals surface area contributed by atoms with Crippen molar-refractivity contribution in [1.29, 1.82) is 0 Å². The number of anilines is 1. The van der Waals surface area contributed by atoms with Crippen LogP contribution in [0.5, 0.6) is 0 Å². The Labute approximate surface area is 107 Å². The Morgan fingerprint density at radius 2 is 2.11 bits per heavy atom. The minimum atomic E-state index is 0.681. The molecule has 18 heavy (non-hydrogen) atoms. The average molecular weight is 245 g/mol. The molecule has 1 N–H and O–H groups in total. The van der Waals surface area contributed by atoms with E-state index in [0.29, 0.717) is 5.82 Å². The van der Waals surface area contributed by atoms with Crippen LogP contribution in [0.2, 0.25) is 0 Å². The number of rotatable bonds is 5. The van der Waals surface area contributed by atoms with Crippen LogP contribution < -0.4 is 5.32 Å². The van der Waals surface area contributed by atoms with Crippen molar-refractivity contribution in [1.82, 2.24) is 19.5 Å². The van der Waals surface area contributed by atoms with E-state index in [9.17, 15) is 0 Å². The van der Waals surface area contributed by atoms with E-state index in [-0.39, 0.29) is 0 Å². The quantitative estimate of drug-likeness (QED) is 0.878. The molecule has 2 aromatic heterocycles. The fraction of sp³-hybridized carbons (Fsp3) is 0.462. The molecule has 0 amide bonds. The number of imidazole rings is 1. The zero-order valence-corrected chi connectivity index (χ0v) is 11.1. The first kappa shape index (κ1) is 12.5. The lowest BCUT2D eigenvalue weighted by atomic mass is 10.3. The summed E-state index contributed by atoms with van der Waals surface area (Å²) in [6.45, 7) is 5.14. The van der Waals surface area contributed by atoms with Crippen LogP contribution >= 0.6 is 0 Å². The standard InChI is InChI=1S/C13H19N5/c1-4-6-14-11-9-10(5-2)16-12(17-11)13-15-7-8-18(13)3/h7-9H,4-6H2,1-3H3,(H,14,16,17). The number of hydrogen-bond donors (Lipinski definition) is 1. The van der Waals surface area contributed by atoms with E-state index in [1.54, 1.807) is 6.20 Å². The van der Waals surface area contributed by atoms with Crippen molar-refractivity contribution in [3.63, 3.8) is 0 Å². The number of hydrogen-bond acceptors (Lipinski definition) is 4. The highest BCUT2D eigenvalue weighted by atomic mass is 15.1. The van der Waals surface area contributed by atoms with Crippen LogP contribution in [0.3, 0.4) is 0 Å². The largest absolute Gasteiger partial charge is 0.370 e. The molecule has 0 fully saturated rings. The molecule has 0 atom stereocenters. The molecule has 2 heterocycles. The van der Waals surface area contributed by atoms with Gasteiger partial charge >= 0.3 is 0 Å². The lowest BCUT2D eigenvalue weighted by Gasteiger charge is -2.08. The number of nitrogens with zero attached hydrogens (tertiary/aromatic N) is 4. The molecule has 5 heteroatoms. The van der Waals surface area contributed by atoms with Crippen LogP contribution in [0.1, 0.15) is 26.0 Å². The van der Waals surface area contributed by atoms with Gasteiger partial charge in [0.15, 0.2) is 11.6 Å². The molecule has 0 saturated carbocycles. The zero-order chi connectivity index (χ0) is 13.0. The molecule has 2 rings (SSSR count). The summed E-state index contributed by atoms with van der Waals surface area (Å²) in [5, 5.41) is 3.30. The fourth-order valence-corrected chi connectivity index (χ4v) is 1.70. The Morgan fingerprint density at radius 1 is 1.28 bits per heavy atom. The van der Waals surface area contributed by atoms with E-state index in [1.807, 2.05) is 23.9 Å². The van der Waals surface area contributed by atoms with E-state index in [0.717, 1.165) is 36.7 Å². The van der Waals surface area contributed by atoms with Crippen molar-refractivity contribution in [2.24, 2.45) is 7.05 Å². The third-order valence-electron chi connectivity index (χ3n) is 2.72. The molecule has 0 aromatic carbocycles. The van der Waals surface area contributed by atoms with Crippen LogP contribution in [-0.2, 0) is 13.5 Å². The van der Waals surface area contributed by atoms with Gasteiger partial charge in [0.2, 0.25) is 0 Å². The third kappa shape index (κ3) is 2.67. The Morgan fingerprint density at radius 3 is 2.72 bits per heavy atom. The van der Waals surface area contributed by atoms with Crippen LogP contribution in [0.4, 0.5) is 5.82 Å². The predicted octanol–water partition coefficient (Wildman–Crippen LogP) is 2.26. The molecule has 5 nitrogen and oxygen atoms in total. The summed E-state index contributed by atoms with van der Waals surface area (Å²) in [6.07, 6.45) is 5.62. The second-order valence-electron chi connectivity index (χ2n) is 4.21. The summed E-state index contributed by atoms with van der Waals surface area (Å²) in [6, 6.07) is 2.00. The highest BCUT2D eigenvalue weighted by molar-refractivity contribution is 5.49. The highest BCUT2D eigenvalue weighted by Crippen LogP contribution is 2.16. The molecule has 0 bridgehead atoms. The molecule has 0 aliphatic rings. The summed E-state index contributed by atoms with van der Waals surface area (Å²) >= 11 is 0. The molecular weight excluding hydrogens is 226 g/mol. The maximum Gasteiger partial charge on any atom is 0.198 e. The van der Waals surface area contributed by atoms with Crippen molar-refractivity contribution in [3.05, 3.63) is 24.2 Å². The van der Waals surface area contributed by atoms with E-state index in [4.69, 9.17) is 0 Å². The second-order valence-corrected chi connectivity index (χ2v) is 4.21. The van der Waals surface area contributed by atoms with Crippen molar-refractivity contribution in [3.8, 4) is 11.6 Å². The molecule has 0 spiro atoms. The van der Waals surface area contributed by atoms with Crippen molar-refractivity contribution < 1.29 is 0 Å². The first-order chi connectivity index (χ1) is 8.74. The summed E-state index contributed by atoms with van der Waals surface area (Å²) in [5.74, 6) is 2.35. The number of nitrogens with one attached hydrogen (secondary N) is 1. The number of aryl methyl sites for hydroxylation is 2. The maximum absolute atomic E-state index is 4.53. The van der Waals surface area contributed by atoms with Gasteiger partial charge in [0, 0.05) is 37.7 Å². The molecule has 0 aliphatic heterocycles. The SMILES string of the molecule is CCCNc1cc(CC)nc(-c2nccn2C)n1. The van der Waals surface area contributed by atoms with Crippen molar-refractivity contribution >= 4 is 5.82 Å². The smallest absolute Gasteiger partial charge is 0.198 e. The minimum Gasteiger partial charge on any atom is -0.370 e. The van der Waals surface area contributed by atoms with E-state index < -0.39 is 0 Å². The van der Waals surface area contributed by atoms with E-state index in [2.05, 4.69) is 34.1 Å². The van der Waals surface area contributed by atoms with Gasteiger partial charge < -0.3 is 9.88 Å². The fourth-order valence-electron chi connectivity index (χ4n) is 1.70. The van der Waals surface area contributed by atoms with Gasteiger partial charge in [-0.2, -0.15) is 0 Å². The van der Waals surface area contributed by atoms with Gasteiger partial charge in [-0.1, -0.05) is 13.8 Å².